The molecule has 1 aromatic carbocycles. The zero-order valence-corrected chi connectivity index (χ0v) is 13.3. The molecule has 0 saturated heterocycles. The van der Waals surface area contributed by atoms with E-state index in [0.717, 1.165) is 11.3 Å². The summed E-state index contributed by atoms with van der Waals surface area (Å²) in [5.74, 6) is 0.956. The number of aryl methyl sites for hydroxylation is 1. The summed E-state index contributed by atoms with van der Waals surface area (Å²) in [6, 6.07) is 9.24. The third kappa shape index (κ3) is 4.13. The van der Waals surface area contributed by atoms with Crippen molar-refractivity contribution in [2.75, 3.05) is 11.9 Å². The van der Waals surface area contributed by atoms with Gasteiger partial charge in [-0.05, 0) is 19.1 Å². The predicted molar refractivity (Wildman–Crippen MR) is 87.3 cm³/mol. The van der Waals surface area contributed by atoms with Crippen LogP contribution in [0.15, 0.2) is 40.1 Å². The molecule has 8 heteroatoms. The molecule has 0 radical (unpaired) electrons. The van der Waals surface area contributed by atoms with Crippen LogP contribution in [0.4, 0.5) is 9.93 Å². The van der Waals surface area contributed by atoms with E-state index in [1.807, 2.05) is 42.6 Å². The van der Waals surface area contributed by atoms with E-state index in [9.17, 15) is 4.79 Å². The number of nitrogens with zero attached hydrogens (tertiary/aromatic N) is 3. The summed E-state index contributed by atoms with van der Waals surface area (Å²) in [5.41, 5.74) is 1.75. The second-order valence-electron chi connectivity index (χ2n) is 4.79. The second-order valence-corrected chi connectivity index (χ2v) is 5.65. The third-order valence-electron chi connectivity index (χ3n) is 2.95. The van der Waals surface area contributed by atoms with E-state index in [4.69, 9.17) is 4.42 Å². The topological polar surface area (TPSA) is 92.9 Å². The highest BCUT2D eigenvalue weighted by molar-refractivity contribution is 7.13. The van der Waals surface area contributed by atoms with Gasteiger partial charge in [0.15, 0.2) is 5.13 Å². The molecule has 2 heterocycles. The first-order valence-corrected chi connectivity index (χ1v) is 7.93. The Kier molecular flexibility index (Phi) is 4.62. The van der Waals surface area contributed by atoms with Gasteiger partial charge in [-0.3, -0.25) is 5.32 Å². The van der Waals surface area contributed by atoms with Gasteiger partial charge in [0.2, 0.25) is 11.8 Å². The first kappa shape index (κ1) is 15.2. The number of nitrogens with one attached hydrogen (secondary N) is 2. The molecule has 2 aromatic heterocycles. The van der Waals surface area contributed by atoms with Crippen molar-refractivity contribution in [1.82, 2.24) is 20.5 Å². The fraction of sp³-hybridized carbons (Fsp3) is 0.200. The summed E-state index contributed by atoms with van der Waals surface area (Å²) in [4.78, 5) is 15.9. The van der Waals surface area contributed by atoms with Crippen LogP contribution in [0.25, 0.3) is 11.5 Å². The highest BCUT2D eigenvalue weighted by atomic mass is 32.1. The lowest BCUT2D eigenvalue weighted by molar-refractivity contribution is 0.252. The van der Waals surface area contributed by atoms with E-state index >= 15 is 0 Å². The number of thiazole rings is 1. The zero-order valence-electron chi connectivity index (χ0n) is 12.4. The summed E-state index contributed by atoms with van der Waals surface area (Å²) in [6.07, 6.45) is 0.462. The summed E-state index contributed by atoms with van der Waals surface area (Å²) in [7, 11) is 0. The maximum absolute atomic E-state index is 11.7. The lowest BCUT2D eigenvalue weighted by atomic mass is 10.2. The molecule has 0 aliphatic rings. The van der Waals surface area contributed by atoms with Crippen LogP contribution < -0.4 is 10.6 Å². The van der Waals surface area contributed by atoms with Gasteiger partial charge in [-0.1, -0.05) is 18.2 Å². The highest BCUT2D eigenvalue weighted by Gasteiger charge is 2.09. The number of rotatable bonds is 5. The van der Waals surface area contributed by atoms with Gasteiger partial charge in [-0.15, -0.1) is 21.5 Å². The number of carbonyl (C=O) groups is 1. The van der Waals surface area contributed by atoms with Gasteiger partial charge in [-0.25, -0.2) is 9.78 Å². The van der Waals surface area contributed by atoms with Crippen molar-refractivity contribution in [2.45, 2.75) is 13.3 Å². The molecule has 3 aromatic rings. The quantitative estimate of drug-likeness (QED) is 0.751. The van der Waals surface area contributed by atoms with Crippen LogP contribution in [0, 0.1) is 6.92 Å². The van der Waals surface area contributed by atoms with Gasteiger partial charge in [-0.2, -0.15) is 0 Å². The molecule has 0 unspecified atom stereocenters. The monoisotopic (exact) mass is 329 g/mol. The molecule has 0 aliphatic heterocycles. The van der Waals surface area contributed by atoms with Gasteiger partial charge in [0, 0.05) is 23.9 Å². The Morgan fingerprint density at radius 3 is 2.83 bits per heavy atom. The van der Waals surface area contributed by atoms with E-state index in [-0.39, 0.29) is 6.03 Å². The third-order valence-corrected chi connectivity index (χ3v) is 3.83. The molecule has 23 heavy (non-hydrogen) atoms. The Hall–Kier alpha value is -2.74. The van der Waals surface area contributed by atoms with Crippen LogP contribution in [-0.2, 0) is 6.42 Å². The Balaban J connectivity index is 1.47. The van der Waals surface area contributed by atoms with Crippen molar-refractivity contribution in [3.05, 3.63) is 47.3 Å². The molecule has 2 amide bonds. The predicted octanol–water partition coefficient (Wildman–Crippen LogP) is 2.87. The molecule has 118 valence electrons. The molecule has 0 atom stereocenters. The number of amides is 2. The minimum absolute atomic E-state index is 0.304. The molecule has 2 N–H and O–H groups in total. The maximum atomic E-state index is 11.7. The van der Waals surface area contributed by atoms with Gasteiger partial charge in [0.1, 0.15) is 0 Å². The van der Waals surface area contributed by atoms with Crippen molar-refractivity contribution in [2.24, 2.45) is 0 Å². The fourth-order valence-corrected chi connectivity index (χ4v) is 2.57. The normalized spacial score (nSPS) is 10.5. The van der Waals surface area contributed by atoms with Crippen molar-refractivity contribution < 1.29 is 9.21 Å². The molecule has 0 spiro atoms. The van der Waals surface area contributed by atoms with Gasteiger partial charge < -0.3 is 9.73 Å². The van der Waals surface area contributed by atoms with Crippen molar-refractivity contribution >= 4 is 22.5 Å². The van der Waals surface area contributed by atoms with Crippen LogP contribution in [0.3, 0.4) is 0 Å². The first-order valence-electron chi connectivity index (χ1n) is 7.05. The van der Waals surface area contributed by atoms with E-state index in [2.05, 4.69) is 25.8 Å². The number of carbonyl (C=O) groups excluding carboxylic acids is 1. The molecule has 7 nitrogen and oxygen atoms in total. The fourth-order valence-electron chi connectivity index (χ4n) is 1.89. The van der Waals surface area contributed by atoms with Gasteiger partial charge in [0.05, 0.1) is 5.69 Å². The summed E-state index contributed by atoms with van der Waals surface area (Å²) in [6.45, 7) is 2.27. The zero-order chi connectivity index (χ0) is 16.1. The summed E-state index contributed by atoms with van der Waals surface area (Å²) < 4.78 is 5.57. The minimum Gasteiger partial charge on any atom is -0.421 e. The molecule has 0 aliphatic carbocycles. The Morgan fingerprint density at radius 2 is 2.09 bits per heavy atom. The smallest absolute Gasteiger partial charge is 0.321 e. The van der Waals surface area contributed by atoms with Crippen molar-refractivity contribution in [3.8, 4) is 11.5 Å². The van der Waals surface area contributed by atoms with Crippen LogP contribution in [-0.4, -0.2) is 27.8 Å². The highest BCUT2D eigenvalue weighted by Crippen LogP contribution is 2.17. The number of aromatic nitrogens is 3. The average molecular weight is 329 g/mol. The van der Waals surface area contributed by atoms with Crippen LogP contribution in [0.1, 0.15) is 11.6 Å². The molecular formula is C15H15N5O2S. The molecule has 0 saturated carbocycles. The van der Waals surface area contributed by atoms with Crippen LogP contribution in [0.5, 0.6) is 0 Å². The molecule has 3 rings (SSSR count). The number of anilines is 1. The second kappa shape index (κ2) is 7.01. The number of benzene rings is 1. The largest absolute Gasteiger partial charge is 0.421 e. The standard InChI is InChI=1S/C15H15N5O2S/c1-10-9-23-15(17-10)18-14(21)16-8-7-12-19-20-13(22-12)11-5-3-2-4-6-11/h2-6,9H,7-8H2,1H3,(H2,16,17,18,21). The van der Waals surface area contributed by atoms with E-state index in [0.29, 0.717) is 29.9 Å². The first-order chi connectivity index (χ1) is 11.2. The van der Waals surface area contributed by atoms with E-state index < -0.39 is 0 Å². The molecular weight excluding hydrogens is 314 g/mol. The minimum atomic E-state index is -0.304. The van der Waals surface area contributed by atoms with Crippen LogP contribution >= 0.6 is 11.3 Å². The van der Waals surface area contributed by atoms with Gasteiger partial charge in [0.25, 0.3) is 0 Å². The van der Waals surface area contributed by atoms with Crippen molar-refractivity contribution in [3.63, 3.8) is 0 Å². The van der Waals surface area contributed by atoms with E-state index in [1.165, 1.54) is 11.3 Å². The average Bonchev–Trinajstić information content (AvgIpc) is 3.17. The summed E-state index contributed by atoms with van der Waals surface area (Å²) >= 11 is 1.38. The van der Waals surface area contributed by atoms with Gasteiger partial charge >= 0.3 is 6.03 Å². The lowest BCUT2D eigenvalue weighted by Gasteiger charge is -2.03. The molecule has 0 bridgehead atoms. The van der Waals surface area contributed by atoms with E-state index in [1.54, 1.807) is 0 Å². The Labute approximate surface area is 136 Å². The van der Waals surface area contributed by atoms with Crippen LogP contribution in [0.2, 0.25) is 0 Å². The summed E-state index contributed by atoms with van der Waals surface area (Å²) in [5, 5.41) is 15.8. The Bertz CT molecular complexity index is 784. The number of urea groups is 1. The Morgan fingerprint density at radius 1 is 1.26 bits per heavy atom. The van der Waals surface area contributed by atoms with Crippen molar-refractivity contribution in [1.29, 1.82) is 0 Å². The SMILES string of the molecule is Cc1csc(NC(=O)NCCc2nnc(-c3ccccc3)o2)n1. The molecule has 0 fully saturated rings. The number of hydrogen-bond donors (Lipinski definition) is 2. The lowest BCUT2D eigenvalue weighted by Crippen LogP contribution is -2.30. The number of hydrogen-bond acceptors (Lipinski definition) is 6. The maximum Gasteiger partial charge on any atom is 0.321 e.